The number of thiophene rings is 1. The van der Waals surface area contributed by atoms with Crippen LogP contribution in [0.4, 0.5) is 0 Å². The first kappa shape index (κ1) is 8.93. The Labute approximate surface area is 89.3 Å². The molecule has 2 saturated carbocycles. The van der Waals surface area contributed by atoms with E-state index >= 15 is 0 Å². The van der Waals surface area contributed by atoms with Gasteiger partial charge in [0.2, 0.25) is 0 Å². The Hall–Kier alpha value is -0.340. The molecule has 3 atom stereocenters. The summed E-state index contributed by atoms with van der Waals surface area (Å²) in [6, 6.07) is 4.36. The summed E-state index contributed by atoms with van der Waals surface area (Å²) in [5, 5.41) is 2.16. The van der Waals surface area contributed by atoms with Crippen molar-refractivity contribution in [3.8, 4) is 0 Å². The summed E-state index contributed by atoms with van der Waals surface area (Å²) in [5.74, 6) is 1.76. The Kier molecular flexibility index (Phi) is 1.96. The van der Waals surface area contributed by atoms with Crippen molar-refractivity contribution in [2.24, 2.45) is 17.6 Å². The van der Waals surface area contributed by atoms with Crippen LogP contribution < -0.4 is 5.73 Å². The molecule has 0 spiro atoms. The third-order valence-electron chi connectivity index (χ3n) is 4.11. The molecule has 0 amide bonds. The normalized spacial score (nSPS) is 40.6. The summed E-state index contributed by atoms with van der Waals surface area (Å²) in [5.41, 5.74) is 6.69. The molecule has 0 radical (unpaired) electrons. The van der Waals surface area contributed by atoms with Gasteiger partial charge in [-0.25, -0.2) is 0 Å². The van der Waals surface area contributed by atoms with Crippen LogP contribution in [0.5, 0.6) is 0 Å². The van der Waals surface area contributed by atoms with Crippen LogP contribution in [0.2, 0.25) is 0 Å². The minimum absolute atomic E-state index is 0.147. The van der Waals surface area contributed by atoms with Crippen LogP contribution in [-0.2, 0) is 6.42 Å². The van der Waals surface area contributed by atoms with E-state index in [0.717, 1.165) is 18.3 Å². The molecule has 0 saturated heterocycles. The summed E-state index contributed by atoms with van der Waals surface area (Å²) in [7, 11) is 0. The average molecular weight is 207 g/mol. The second-order valence-corrected chi connectivity index (χ2v) is 6.10. The van der Waals surface area contributed by atoms with Gasteiger partial charge in [0, 0.05) is 16.8 Å². The number of nitrogens with two attached hydrogens (primary N) is 1. The fourth-order valence-corrected chi connectivity index (χ4v) is 4.28. The Morgan fingerprint density at radius 2 is 2.43 bits per heavy atom. The molecule has 2 heteroatoms. The molecule has 2 bridgehead atoms. The molecule has 2 aliphatic rings. The predicted octanol–water partition coefficient (Wildman–Crippen LogP) is 2.81. The lowest BCUT2D eigenvalue weighted by Gasteiger charge is -2.33. The molecular formula is C12H17NS. The van der Waals surface area contributed by atoms with Crippen LogP contribution in [0.25, 0.3) is 0 Å². The zero-order chi connectivity index (χ0) is 9.60. The second kappa shape index (κ2) is 3.07. The SMILES string of the molecule is NC1(Cc2cccs2)CC2CCC1C2. The molecule has 3 unspecified atom stereocenters. The summed E-state index contributed by atoms with van der Waals surface area (Å²) in [6.45, 7) is 0. The van der Waals surface area contributed by atoms with E-state index in [9.17, 15) is 0 Å². The van der Waals surface area contributed by atoms with Crippen molar-refractivity contribution in [3.05, 3.63) is 22.4 Å². The molecule has 0 aromatic carbocycles. The quantitative estimate of drug-likeness (QED) is 0.793. The number of fused-ring (bicyclic) bond motifs is 2. The Morgan fingerprint density at radius 3 is 3.00 bits per heavy atom. The third kappa shape index (κ3) is 1.32. The van der Waals surface area contributed by atoms with Crippen molar-refractivity contribution in [2.75, 3.05) is 0 Å². The number of rotatable bonds is 2. The van der Waals surface area contributed by atoms with Gasteiger partial charge in [-0.15, -0.1) is 11.3 Å². The second-order valence-electron chi connectivity index (χ2n) is 5.07. The minimum atomic E-state index is 0.147. The zero-order valence-corrected chi connectivity index (χ0v) is 9.22. The number of hydrogen-bond donors (Lipinski definition) is 1. The first-order chi connectivity index (χ1) is 6.76. The van der Waals surface area contributed by atoms with E-state index in [1.165, 1.54) is 30.6 Å². The lowest BCUT2D eigenvalue weighted by atomic mass is 9.79. The van der Waals surface area contributed by atoms with Gasteiger partial charge in [0.05, 0.1) is 0 Å². The molecule has 0 aliphatic heterocycles. The Morgan fingerprint density at radius 1 is 1.50 bits per heavy atom. The van der Waals surface area contributed by atoms with Gasteiger partial charge < -0.3 is 5.73 Å². The standard InChI is InChI=1S/C12H17NS/c13-12(8-11-2-1-5-14-11)7-9-3-4-10(12)6-9/h1-2,5,9-10H,3-4,6-8,13H2. The average Bonchev–Trinajstić information content (AvgIpc) is 2.78. The van der Waals surface area contributed by atoms with Crippen molar-refractivity contribution in [1.29, 1.82) is 0 Å². The van der Waals surface area contributed by atoms with Crippen LogP contribution in [0.3, 0.4) is 0 Å². The van der Waals surface area contributed by atoms with Crippen LogP contribution in [-0.4, -0.2) is 5.54 Å². The maximum Gasteiger partial charge on any atom is 0.0234 e. The molecule has 2 fully saturated rings. The number of hydrogen-bond acceptors (Lipinski definition) is 2. The van der Waals surface area contributed by atoms with E-state index in [1.807, 2.05) is 11.3 Å². The zero-order valence-electron chi connectivity index (χ0n) is 8.41. The van der Waals surface area contributed by atoms with Crippen LogP contribution in [0, 0.1) is 11.8 Å². The van der Waals surface area contributed by atoms with Gasteiger partial charge >= 0.3 is 0 Å². The monoisotopic (exact) mass is 207 g/mol. The topological polar surface area (TPSA) is 26.0 Å². The van der Waals surface area contributed by atoms with E-state index < -0.39 is 0 Å². The van der Waals surface area contributed by atoms with Crippen molar-refractivity contribution >= 4 is 11.3 Å². The largest absolute Gasteiger partial charge is 0.325 e. The summed E-state index contributed by atoms with van der Waals surface area (Å²) < 4.78 is 0. The van der Waals surface area contributed by atoms with Crippen molar-refractivity contribution in [2.45, 2.75) is 37.6 Å². The molecule has 1 heterocycles. The smallest absolute Gasteiger partial charge is 0.0234 e. The molecule has 14 heavy (non-hydrogen) atoms. The summed E-state index contributed by atoms with van der Waals surface area (Å²) in [4.78, 5) is 1.47. The van der Waals surface area contributed by atoms with Gasteiger partial charge in [0.1, 0.15) is 0 Å². The first-order valence-electron chi connectivity index (χ1n) is 5.57. The van der Waals surface area contributed by atoms with E-state index in [1.54, 1.807) is 0 Å². The fraction of sp³-hybridized carbons (Fsp3) is 0.667. The van der Waals surface area contributed by atoms with Gasteiger partial charge in [0.15, 0.2) is 0 Å². The maximum absolute atomic E-state index is 6.54. The van der Waals surface area contributed by atoms with E-state index in [0.29, 0.717) is 0 Å². The molecule has 76 valence electrons. The van der Waals surface area contributed by atoms with Crippen molar-refractivity contribution in [1.82, 2.24) is 0 Å². The van der Waals surface area contributed by atoms with E-state index in [2.05, 4.69) is 17.5 Å². The van der Waals surface area contributed by atoms with Gasteiger partial charge in [-0.3, -0.25) is 0 Å². The van der Waals surface area contributed by atoms with Crippen molar-refractivity contribution < 1.29 is 0 Å². The minimum Gasteiger partial charge on any atom is -0.325 e. The van der Waals surface area contributed by atoms with Crippen LogP contribution in [0.1, 0.15) is 30.6 Å². The highest BCUT2D eigenvalue weighted by atomic mass is 32.1. The predicted molar refractivity (Wildman–Crippen MR) is 60.4 cm³/mol. The van der Waals surface area contributed by atoms with E-state index in [4.69, 9.17) is 5.73 Å². The van der Waals surface area contributed by atoms with E-state index in [-0.39, 0.29) is 5.54 Å². The Balaban J connectivity index is 1.78. The lowest BCUT2D eigenvalue weighted by molar-refractivity contribution is 0.271. The molecule has 2 N–H and O–H groups in total. The first-order valence-corrected chi connectivity index (χ1v) is 6.45. The van der Waals surface area contributed by atoms with Gasteiger partial charge in [-0.2, -0.15) is 0 Å². The summed E-state index contributed by atoms with van der Waals surface area (Å²) >= 11 is 1.86. The molecule has 1 nitrogen and oxygen atoms in total. The van der Waals surface area contributed by atoms with Gasteiger partial charge in [-0.1, -0.05) is 12.5 Å². The molecule has 1 aromatic heterocycles. The molecule has 1 aromatic rings. The van der Waals surface area contributed by atoms with Crippen LogP contribution in [0.15, 0.2) is 17.5 Å². The summed E-state index contributed by atoms with van der Waals surface area (Å²) in [6.07, 6.45) is 6.61. The maximum atomic E-state index is 6.54. The highest BCUT2D eigenvalue weighted by molar-refractivity contribution is 7.09. The lowest BCUT2D eigenvalue weighted by Crippen LogP contribution is -2.46. The van der Waals surface area contributed by atoms with Crippen molar-refractivity contribution in [3.63, 3.8) is 0 Å². The third-order valence-corrected chi connectivity index (χ3v) is 4.98. The van der Waals surface area contributed by atoms with Crippen LogP contribution >= 0.6 is 11.3 Å². The molecule has 2 aliphatic carbocycles. The van der Waals surface area contributed by atoms with Gasteiger partial charge in [-0.05, 0) is 42.5 Å². The fourth-order valence-electron chi connectivity index (χ4n) is 3.44. The molecular weight excluding hydrogens is 190 g/mol. The Bertz CT molecular complexity index is 319. The van der Waals surface area contributed by atoms with Gasteiger partial charge in [0.25, 0.3) is 0 Å². The highest BCUT2D eigenvalue weighted by Gasteiger charge is 2.48. The highest BCUT2D eigenvalue weighted by Crippen LogP contribution is 2.50. The molecule has 3 rings (SSSR count).